The molecule has 2 atom stereocenters. The van der Waals surface area contributed by atoms with Gasteiger partial charge >= 0.3 is 5.97 Å². The number of hydrogen-bond acceptors (Lipinski definition) is 13. The number of aromatic carboxylic acids is 1. The van der Waals surface area contributed by atoms with Crippen molar-refractivity contribution in [3.63, 3.8) is 0 Å². The van der Waals surface area contributed by atoms with E-state index in [2.05, 4.69) is 35.1 Å². The Morgan fingerprint density at radius 1 is 0.681 bits per heavy atom. The summed E-state index contributed by atoms with van der Waals surface area (Å²) in [7, 11) is 3.34. The molecule has 2 aromatic carbocycles. The average Bonchev–Trinajstić information content (AvgIpc) is 4.00. The van der Waals surface area contributed by atoms with Gasteiger partial charge in [0.15, 0.2) is 17.0 Å². The molecule has 2 aliphatic heterocycles. The molecule has 1 amide bonds. The Kier molecular flexibility index (Phi) is 16.9. The Bertz CT molecular complexity index is 3360. The van der Waals surface area contributed by atoms with Crippen molar-refractivity contribution in [3.05, 3.63) is 176 Å². The van der Waals surface area contributed by atoms with Crippen LogP contribution < -0.4 is 22.2 Å². The van der Waals surface area contributed by atoms with Gasteiger partial charge in [-0.15, -0.1) is 0 Å². The van der Waals surface area contributed by atoms with Crippen molar-refractivity contribution in [2.75, 3.05) is 39.3 Å². The summed E-state index contributed by atoms with van der Waals surface area (Å²) >= 11 is 0. The number of nitrogens with two attached hydrogens (primary N) is 1. The first kappa shape index (κ1) is 52.4. The first-order valence-corrected chi connectivity index (χ1v) is 22.7. The van der Waals surface area contributed by atoms with Crippen molar-refractivity contribution in [2.45, 2.75) is 38.1 Å². The number of aromatic nitrogens is 8. The Balaban J connectivity index is 0.000000174. The van der Waals surface area contributed by atoms with Gasteiger partial charge in [0.1, 0.15) is 17.3 Å². The number of halogens is 2. The molecule has 0 saturated carbocycles. The lowest BCUT2D eigenvalue weighted by Crippen LogP contribution is -2.42. The van der Waals surface area contributed by atoms with Gasteiger partial charge in [-0.05, 0) is 71.5 Å². The molecule has 0 saturated heterocycles. The molecule has 0 aliphatic carbocycles. The van der Waals surface area contributed by atoms with E-state index < -0.39 is 24.1 Å². The van der Waals surface area contributed by atoms with Crippen LogP contribution in [0.4, 0.5) is 8.78 Å². The summed E-state index contributed by atoms with van der Waals surface area (Å²) in [5, 5.41) is 31.6. The van der Waals surface area contributed by atoms with Crippen LogP contribution in [0.15, 0.2) is 120 Å². The second-order valence-corrected chi connectivity index (χ2v) is 17.4. The number of benzene rings is 2. The van der Waals surface area contributed by atoms with Crippen LogP contribution in [0.2, 0.25) is 0 Å². The van der Waals surface area contributed by atoms with E-state index in [1.165, 1.54) is 45.8 Å². The van der Waals surface area contributed by atoms with Crippen LogP contribution in [-0.2, 0) is 40.0 Å². The summed E-state index contributed by atoms with van der Waals surface area (Å²) < 4.78 is 32.6. The number of fused-ring (bicyclic) bond motifs is 4. The van der Waals surface area contributed by atoms with E-state index in [1.54, 1.807) is 90.4 Å². The number of rotatable bonds is 11. The first-order chi connectivity index (χ1) is 34.1. The Morgan fingerprint density at radius 3 is 1.62 bits per heavy atom. The molecule has 19 nitrogen and oxygen atoms in total. The summed E-state index contributed by atoms with van der Waals surface area (Å²) in [4.78, 5) is 68.0. The topological polar surface area (TPSA) is 244 Å². The van der Waals surface area contributed by atoms with E-state index in [0.29, 0.717) is 53.4 Å². The van der Waals surface area contributed by atoms with Crippen LogP contribution in [0, 0.1) is 11.6 Å². The fourth-order valence-electron chi connectivity index (χ4n) is 8.23. The molecule has 8 heterocycles. The maximum atomic E-state index is 13.4. The lowest BCUT2D eigenvalue weighted by atomic mass is 9.99. The number of pyridine rings is 2. The predicted octanol–water partition coefficient (Wildman–Crippen LogP) is 2.79. The molecule has 10 rings (SSSR count). The van der Waals surface area contributed by atoms with Gasteiger partial charge in [0.2, 0.25) is 0 Å². The minimum atomic E-state index is -1.09. The molecule has 72 heavy (non-hydrogen) atoms. The van der Waals surface area contributed by atoms with E-state index in [9.17, 15) is 38.2 Å². The van der Waals surface area contributed by atoms with Crippen LogP contribution >= 0.6 is 13.5 Å². The number of hydrogen-bond donors (Lipinski definition) is 5. The molecule has 22 heteroatoms. The first-order valence-electron chi connectivity index (χ1n) is 22.7. The highest BCUT2D eigenvalue weighted by Gasteiger charge is 2.22. The predicted molar refractivity (Wildman–Crippen MR) is 269 cm³/mol. The highest BCUT2D eigenvalue weighted by atomic mass is 32.1. The molecule has 6 N–H and O–H groups in total. The number of β-amino-alcohol motifs (C(OH)–C–C–N with tert-alkyl or cyclic N) is 2. The zero-order valence-electron chi connectivity index (χ0n) is 39.4. The van der Waals surface area contributed by atoms with Crippen LogP contribution in [-0.4, -0.2) is 126 Å². The van der Waals surface area contributed by atoms with Crippen molar-refractivity contribution in [1.82, 2.24) is 53.0 Å². The zero-order valence-corrected chi connectivity index (χ0v) is 40.4. The number of nitrogens with zero attached hydrogens (tertiary/aromatic N) is 10. The summed E-state index contributed by atoms with van der Waals surface area (Å²) in [6.45, 7) is 4.33. The molecule has 0 fully saturated rings. The third kappa shape index (κ3) is 12.9. The van der Waals surface area contributed by atoms with E-state index in [-0.39, 0.29) is 60.7 Å². The molecule has 0 radical (unpaired) electrons. The number of carbonyl (C=O) groups excluding carboxylic acids is 1. The van der Waals surface area contributed by atoms with Crippen LogP contribution in [0.5, 0.6) is 0 Å². The normalized spacial score (nSPS) is 14.2. The molecule has 0 spiro atoms. The largest absolute Gasteiger partial charge is 0.476 e. The molecule has 376 valence electrons. The minimum Gasteiger partial charge on any atom is -0.476 e. The number of carbonyl (C=O) groups is 2. The molecule has 2 aliphatic rings. The molecular weight excluding hydrogens is 951 g/mol. The third-order valence-corrected chi connectivity index (χ3v) is 12.2. The number of aryl methyl sites for hydroxylation is 2. The fourth-order valence-corrected chi connectivity index (χ4v) is 8.23. The number of carboxylic acid groups (broad SMARTS) is 1. The molecular formula is C50H54F2N12O7S. The van der Waals surface area contributed by atoms with Crippen LogP contribution in [0.3, 0.4) is 0 Å². The van der Waals surface area contributed by atoms with Crippen LogP contribution in [0.1, 0.15) is 43.2 Å². The number of nitrogens with one attached hydrogen (secondary N) is 1. The maximum absolute atomic E-state index is 13.4. The molecule has 8 aromatic rings. The molecule has 0 bridgehead atoms. The van der Waals surface area contributed by atoms with Gasteiger partial charge in [0.05, 0.1) is 36.0 Å². The standard InChI is InChI=1S/C25H25FN6O3.C13H10N4O3.C12H17FN2O.H2S/c1-30-6-4-17(9-24(30)34)21-14-32-15-22(29-23(32)11-27-21)25(35)28-10-20(33)13-31-7-5-16-8-19(26)3-2-18(16)12-31;1-16-3-2-8(4-12(16)18)9-6-17-7-10(13(19)20)15-11(17)5-14-9;13-11-2-1-10-7-15(8-12(16)6-14)4-3-9(10)5-11;/h2-4,6,8-9,11,14-15,20,33H,5,7,10,12-13H2,1H3,(H,28,35);2-7H,1H3,(H,19,20);1-2,5,12,16H,3-4,6-8,14H2;1H2/t20-;;12-;/m0.0./s1. The number of carboxylic acids is 1. The van der Waals surface area contributed by atoms with Gasteiger partial charge in [0.25, 0.3) is 17.0 Å². The minimum absolute atomic E-state index is 0. The summed E-state index contributed by atoms with van der Waals surface area (Å²) in [6.07, 6.45) is 13.0. The lowest BCUT2D eigenvalue weighted by Gasteiger charge is -2.30. The Hall–Kier alpha value is -7.47. The van der Waals surface area contributed by atoms with Gasteiger partial charge in [-0.2, -0.15) is 13.5 Å². The van der Waals surface area contributed by atoms with Crippen LogP contribution in [0.25, 0.3) is 33.8 Å². The van der Waals surface area contributed by atoms with Crippen molar-refractivity contribution >= 4 is 36.7 Å². The zero-order chi connectivity index (χ0) is 50.3. The molecule has 6 aromatic heterocycles. The van der Waals surface area contributed by atoms with Gasteiger partial charge in [0, 0.05) is 127 Å². The van der Waals surface area contributed by atoms with Gasteiger partial charge < -0.3 is 44.3 Å². The van der Waals surface area contributed by atoms with Crippen molar-refractivity contribution < 1.29 is 33.7 Å². The maximum Gasteiger partial charge on any atom is 0.356 e. The van der Waals surface area contributed by atoms with Crippen molar-refractivity contribution in [3.8, 4) is 22.5 Å². The van der Waals surface area contributed by atoms with E-state index >= 15 is 0 Å². The Morgan fingerprint density at radius 2 is 1.15 bits per heavy atom. The highest BCUT2D eigenvalue weighted by molar-refractivity contribution is 7.59. The molecule has 0 unspecified atom stereocenters. The SMILES string of the molecule is Cn1ccc(-c2cn3cc(C(=O)NC[C@H](O)CN4CCc5cc(F)ccc5C4)nc3cn2)cc1=O.Cn1ccc(-c2cn3cc(C(=O)O)nc3cn2)cc1=O.NC[C@H](O)CN1CCc2cc(F)ccc2C1.S. The monoisotopic (exact) mass is 1000 g/mol. The summed E-state index contributed by atoms with van der Waals surface area (Å²) in [6, 6.07) is 16.3. The number of amides is 1. The van der Waals surface area contributed by atoms with Gasteiger partial charge in [-0.1, -0.05) is 12.1 Å². The second kappa shape index (κ2) is 23.2. The number of aliphatic hydroxyl groups excluding tert-OH is 2. The van der Waals surface area contributed by atoms with E-state index in [4.69, 9.17) is 10.8 Å². The van der Waals surface area contributed by atoms with Gasteiger partial charge in [-0.3, -0.25) is 34.2 Å². The Labute approximate surface area is 417 Å². The number of imidazole rings is 2. The van der Waals surface area contributed by atoms with Crippen molar-refractivity contribution in [2.24, 2.45) is 19.8 Å². The van der Waals surface area contributed by atoms with E-state index in [1.807, 2.05) is 6.07 Å². The number of aliphatic hydroxyl groups is 2. The van der Waals surface area contributed by atoms with E-state index in [0.717, 1.165) is 54.7 Å². The lowest BCUT2D eigenvalue weighted by molar-refractivity contribution is 0.0690. The van der Waals surface area contributed by atoms with Crippen molar-refractivity contribution in [1.29, 1.82) is 0 Å². The smallest absolute Gasteiger partial charge is 0.356 e. The highest BCUT2D eigenvalue weighted by Crippen LogP contribution is 2.22. The quantitative estimate of drug-likeness (QED) is 0.125. The fraction of sp³-hybridized carbons (Fsp3) is 0.280. The summed E-state index contributed by atoms with van der Waals surface area (Å²) in [5.74, 6) is -1.90. The average molecular weight is 1010 g/mol. The summed E-state index contributed by atoms with van der Waals surface area (Å²) in [5.41, 5.74) is 13.0. The van der Waals surface area contributed by atoms with Gasteiger partial charge in [-0.25, -0.2) is 23.5 Å². The second-order valence-electron chi connectivity index (χ2n) is 17.4. The third-order valence-electron chi connectivity index (χ3n) is 12.2.